The first-order valence-corrected chi connectivity index (χ1v) is 8.60. The molecule has 0 saturated carbocycles. The van der Waals surface area contributed by atoms with Crippen LogP contribution in [0.4, 0.5) is 5.69 Å². The molecule has 0 bridgehead atoms. The Kier molecular flexibility index (Phi) is 11.5. The van der Waals surface area contributed by atoms with E-state index in [0.717, 1.165) is 24.4 Å². The summed E-state index contributed by atoms with van der Waals surface area (Å²) >= 11 is 0. The van der Waals surface area contributed by atoms with Gasteiger partial charge >= 0.3 is 0 Å². The van der Waals surface area contributed by atoms with Gasteiger partial charge in [0.1, 0.15) is 5.75 Å². The van der Waals surface area contributed by atoms with Crippen molar-refractivity contribution in [3.05, 3.63) is 59.7 Å². The van der Waals surface area contributed by atoms with E-state index in [1.165, 1.54) is 0 Å². The average Bonchev–Trinajstić information content (AvgIpc) is 2.65. The van der Waals surface area contributed by atoms with Gasteiger partial charge in [0.15, 0.2) is 0 Å². The van der Waals surface area contributed by atoms with Crippen LogP contribution >= 0.6 is 24.8 Å². The first kappa shape index (κ1) is 25.1. The van der Waals surface area contributed by atoms with Crippen LogP contribution in [0.25, 0.3) is 0 Å². The summed E-state index contributed by atoms with van der Waals surface area (Å²) in [5.74, 6) is 0.698. The smallest absolute Gasteiger partial charge is 0.251 e. The fraction of sp³-hybridized carbons (Fsp3) is 0.350. The zero-order valence-corrected chi connectivity index (χ0v) is 17.6. The molecule has 0 heterocycles. The summed E-state index contributed by atoms with van der Waals surface area (Å²) in [7, 11) is 1.66. The summed E-state index contributed by atoms with van der Waals surface area (Å²) in [4.78, 5) is 14.8. The lowest BCUT2D eigenvalue weighted by Crippen LogP contribution is -2.38. The van der Waals surface area contributed by atoms with E-state index in [2.05, 4.69) is 30.1 Å². The van der Waals surface area contributed by atoms with Crippen molar-refractivity contribution in [2.45, 2.75) is 19.9 Å². The van der Waals surface area contributed by atoms with Crippen molar-refractivity contribution in [2.75, 3.05) is 32.5 Å². The van der Waals surface area contributed by atoms with E-state index in [1.54, 1.807) is 31.4 Å². The Bertz CT molecular complexity index is 709. The van der Waals surface area contributed by atoms with Gasteiger partial charge in [-0.25, -0.2) is 0 Å². The highest BCUT2D eigenvalue weighted by Crippen LogP contribution is 2.24. The zero-order valence-electron chi connectivity index (χ0n) is 16.0. The third-order valence-electron chi connectivity index (χ3n) is 4.34. The molecule has 2 rings (SSSR count). The summed E-state index contributed by atoms with van der Waals surface area (Å²) < 4.78 is 5.34. The molecule has 0 aliphatic rings. The van der Waals surface area contributed by atoms with Crippen molar-refractivity contribution >= 4 is 36.4 Å². The number of rotatable bonds is 8. The van der Waals surface area contributed by atoms with Gasteiger partial charge in [0, 0.05) is 17.8 Å². The highest BCUT2D eigenvalue weighted by molar-refractivity contribution is 5.95. The second-order valence-corrected chi connectivity index (χ2v) is 5.85. The van der Waals surface area contributed by atoms with Crippen LogP contribution in [-0.4, -0.2) is 37.6 Å². The van der Waals surface area contributed by atoms with Gasteiger partial charge in [-0.05, 0) is 49.0 Å². The van der Waals surface area contributed by atoms with Crippen LogP contribution in [0.5, 0.6) is 5.75 Å². The van der Waals surface area contributed by atoms with E-state index >= 15 is 0 Å². The molecule has 2 aromatic carbocycles. The van der Waals surface area contributed by atoms with Crippen molar-refractivity contribution < 1.29 is 9.53 Å². The number of hydrogen-bond donors (Lipinski definition) is 2. The predicted molar refractivity (Wildman–Crippen MR) is 116 cm³/mol. The van der Waals surface area contributed by atoms with E-state index in [1.807, 2.05) is 18.2 Å². The molecule has 0 spiro atoms. The van der Waals surface area contributed by atoms with Crippen molar-refractivity contribution in [3.8, 4) is 5.75 Å². The largest absolute Gasteiger partial charge is 0.497 e. The molecule has 1 amide bonds. The number of carbonyl (C=O) groups is 1. The number of amides is 1. The van der Waals surface area contributed by atoms with Crippen molar-refractivity contribution in [1.82, 2.24) is 10.2 Å². The second-order valence-electron chi connectivity index (χ2n) is 5.85. The van der Waals surface area contributed by atoms with E-state index in [-0.39, 0.29) is 36.8 Å². The quantitative estimate of drug-likeness (QED) is 0.643. The molecule has 2 aromatic rings. The first-order chi connectivity index (χ1) is 12.1. The Morgan fingerprint density at radius 2 is 1.78 bits per heavy atom. The maximum Gasteiger partial charge on any atom is 0.251 e. The Hall–Kier alpha value is -1.95. The third-order valence-corrected chi connectivity index (χ3v) is 4.34. The molecule has 7 heteroatoms. The molecule has 0 aliphatic carbocycles. The Balaban J connectivity index is 0.00000338. The normalized spacial score (nSPS) is 11.1. The SMILES string of the molecule is CCN(CC)C(CNC(=O)c1cccc(N)c1)c1cccc(OC)c1.Cl.Cl. The average molecular weight is 414 g/mol. The van der Waals surface area contributed by atoms with Gasteiger partial charge in [-0.2, -0.15) is 0 Å². The fourth-order valence-corrected chi connectivity index (χ4v) is 2.94. The highest BCUT2D eigenvalue weighted by atomic mass is 35.5. The van der Waals surface area contributed by atoms with Gasteiger partial charge < -0.3 is 15.8 Å². The van der Waals surface area contributed by atoms with Crippen molar-refractivity contribution in [3.63, 3.8) is 0 Å². The number of nitrogen functional groups attached to an aromatic ring is 1. The van der Waals surface area contributed by atoms with E-state index in [9.17, 15) is 4.79 Å². The summed E-state index contributed by atoms with van der Waals surface area (Å²) in [6.45, 7) is 6.55. The third kappa shape index (κ3) is 6.94. The molecule has 1 unspecified atom stereocenters. The summed E-state index contributed by atoms with van der Waals surface area (Å²) in [6, 6.07) is 15.1. The van der Waals surface area contributed by atoms with Gasteiger partial charge in [0.2, 0.25) is 0 Å². The van der Waals surface area contributed by atoms with E-state index < -0.39 is 0 Å². The molecule has 1 atom stereocenters. The minimum atomic E-state index is -0.118. The summed E-state index contributed by atoms with van der Waals surface area (Å²) in [5.41, 5.74) is 8.04. The predicted octanol–water partition coefficient (Wildman–Crippen LogP) is 3.93. The van der Waals surface area contributed by atoms with Crippen molar-refractivity contribution in [2.24, 2.45) is 0 Å². The molecule has 27 heavy (non-hydrogen) atoms. The lowest BCUT2D eigenvalue weighted by molar-refractivity contribution is 0.0935. The maximum absolute atomic E-state index is 12.4. The number of ether oxygens (including phenoxy) is 1. The molecule has 0 fully saturated rings. The van der Waals surface area contributed by atoms with E-state index in [0.29, 0.717) is 17.8 Å². The topological polar surface area (TPSA) is 67.6 Å². The van der Waals surface area contributed by atoms with Gasteiger partial charge in [-0.3, -0.25) is 9.69 Å². The molecular weight excluding hydrogens is 385 g/mol. The minimum Gasteiger partial charge on any atom is -0.497 e. The number of methoxy groups -OCH3 is 1. The number of likely N-dealkylation sites (N-methyl/N-ethyl adjacent to an activating group) is 1. The molecule has 0 aliphatic heterocycles. The molecule has 3 N–H and O–H groups in total. The fourth-order valence-electron chi connectivity index (χ4n) is 2.94. The molecule has 0 radical (unpaired) electrons. The molecular formula is C20H29Cl2N3O2. The monoisotopic (exact) mass is 413 g/mol. The number of hydrogen-bond acceptors (Lipinski definition) is 4. The number of anilines is 1. The Morgan fingerprint density at radius 3 is 2.37 bits per heavy atom. The highest BCUT2D eigenvalue weighted by Gasteiger charge is 2.19. The summed E-state index contributed by atoms with van der Waals surface area (Å²) in [5, 5.41) is 3.03. The van der Waals surface area contributed by atoms with E-state index in [4.69, 9.17) is 10.5 Å². The maximum atomic E-state index is 12.4. The second kappa shape index (κ2) is 12.4. The Morgan fingerprint density at radius 1 is 1.11 bits per heavy atom. The van der Waals surface area contributed by atoms with Crippen LogP contribution < -0.4 is 15.8 Å². The van der Waals surface area contributed by atoms with Gasteiger partial charge in [-0.15, -0.1) is 24.8 Å². The van der Waals surface area contributed by atoms with Crippen LogP contribution in [0.1, 0.15) is 35.8 Å². The number of nitrogens with zero attached hydrogens (tertiary/aromatic N) is 1. The van der Waals surface area contributed by atoms with Crippen LogP contribution in [-0.2, 0) is 0 Å². The first-order valence-electron chi connectivity index (χ1n) is 8.60. The molecule has 0 aromatic heterocycles. The van der Waals surface area contributed by atoms with Crippen LogP contribution in [0.2, 0.25) is 0 Å². The standard InChI is InChI=1S/C20H27N3O2.2ClH/c1-4-23(5-2)19(15-8-7-11-18(13-15)25-3)14-22-20(24)16-9-6-10-17(21)12-16;;/h6-13,19H,4-5,14,21H2,1-3H3,(H,22,24);2*1H. The number of nitrogens with one attached hydrogen (secondary N) is 1. The zero-order chi connectivity index (χ0) is 18.2. The van der Waals surface area contributed by atoms with Crippen LogP contribution in [0, 0.1) is 0 Å². The van der Waals surface area contributed by atoms with Gasteiger partial charge in [0.05, 0.1) is 13.2 Å². The summed E-state index contributed by atoms with van der Waals surface area (Å²) in [6.07, 6.45) is 0. The molecule has 150 valence electrons. The van der Waals surface area contributed by atoms with Gasteiger partial charge in [-0.1, -0.05) is 32.0 Å². The molecule has 0 saturated heterocycles. The number of benzene rings is 2. The molecule has 5 nitrogen and oxygen atoms in total. The minimum absolute atomic E-state index is 0. The lowest BCUT2D eigenvalue weighted by Gasteiger charge is -2.30. The number of nitrogens with two attached hydrogens (primary N) is 1. The van der Waals surface area contributed by atoms with Gasteiger partial charge in [0.25, 0.3) is 5.91 Å². The Labute approximate surface area is 174 Å². The van der Waals surface area contributed by atoms with Crippen molar-refractivity contribution in [1.29, 1.82) is 0 Å². The van der Waals surface area contributed by atoms with Crippen LogP contribution in [0.15, 0.2) is 48.5 Å². The lowest BCUT2D eigenvalue weighted by atomic mass is 10.0. The number of halogens is 2. The number of carbonyl (C=O) groups excluding carboxylic acids is 1. The van der Waals surface area contributed by atoms with Crippen LogP contribution in [0.3, 0.4) is 0 Å².